The van der Waals surface area contributed by atoms with Gasteiger partial charge in [-0.05, 0) is 17.7 Å². The Morgan fingerprint density at radius 3 is 2.89 bits per heavy atom. The molecule has 0 atom stereocenters. The van der Waals surface area contributed by atoms with E-state index < -0.39 is 0 Å². The summed E-state index contributed by atoms with van der Waals surface area (Å²) in [4.78, 5) is 8.59. The lowest BCUT2D eigenvalue weighted by molar-refractivity contribution is 0.414. The number of rotatable bonds is 4. The fraction of sp³-hybridized carbons (Fsp3) is 0.143. The molecule has 5 heteroatoms. The van der Waals surface area contributed by atoms with Crippen LogP contribution in [0.1, 0.15) is 5.56 Å². The minimum atomic E-state index is 0.677. The van der Waals surface area contributed by atoms with E-state index in [2.05, 4.69) is 15.3 Å². The second-order valence-corrected chi connectivity index (χ2v) is 4.14. The van der Waals surface area contributed by atoms with Crippen LogP contribution < -0.4 is 10.1 Å². The van der Waals surface area contributed by atoms with E-state index in [9.17, 15) is 0 Å². The Bertz CT molecular complexity index is 692. The topological polar surface area (TPSA) is 51.5 Å². The minimum absolute atomic E-state index is 0.677. The van der Waals surface area contributed by atoms with Crippen molar-refractivity contribution in [2.24, 2.45) is 0 Å². The van der Waals surface area contributed by atoms with Crippen molar-refractivity contribution in [2.45, 2.75) is 6.54 Å². The molecule has 1 aromatic carbocycles. The normalized spacial score (nSPS) is 10.6. The molecule has 0 amide bonds. The number of hydrogen-bond acceptors (Lipinski definition) is 4. The van der Waals surface area contributed by atoms with Gasteiger partial charge in [-0.1, -0.05) is 12.1 Å². The van der Waals surface area contributed by atoms with Gasteiger partial charge in [0.1, 0.15) is 5.75 Å². The molecule has 0 unspecified atom stereocenters. The first-order valence-corrected chi connectivity index (χ1v) is 6.01. The molecule has 96 valence electrons. The number of nitrogens with one attached hydrogen (secondary N) is 1. The summed E-state index contributed by atoms with van der Waals surface area (Å²) < 4.78 is 7.14. The molecule has 0 aliphatic rings. The molecule has 19 heavy (non-hydrogen) atoms. The summed E-state index contributed by atoms with van der Waals surface area (Å²) in [6, 6.07) is 7.94. The van der Waals surface area contributed by atoms with Crippen LogP contribution in [0.2, 0.25) is 0 Å². The molecule has 2 aromatic heterocycles. The van der Waals surface area contributed by atoms with E-state index in [1.807, 2.05) is 41.1 Å². The zero-order valence-corrected chi connectivity index (χ0v) is 10.6. The first-order chi connectivity index (χ1) is 9.36. The molecular weight excluding hydrogens is 240 g/mol. The van der Waals surface area contributed by atoms with E-state index in [0.29, 0.717) is 6.54 Å². The summed E-state index contributed by atoms with van der Waals surface area (Å²) in [5.41, 5.74) is 1.96. The summed E-state index contributed by atoms with van der Waals surface area (Å²) >= 11 is 0. The average molecular weight is 254 g/mol. The fourth-order valence-electron chi connectivity index (χ4n) is 1.95. The van der Waals surface area contributed by atoms with Crippen molar-refractivity contribution in [3.8, 4) is 5.75 Å². The Kier molecular flexibility index (Phi) is 3.02. The highest BCUT2D eigenvalue weighted by Crippen LogP contribution is 2.15. The molecule has 0 saturated heterocycles. The standard InChI is InChI=1S/C14H14N4O/c1-19-12-4-2-3-11(9-12)10-17-13-14-16-6-8-18(14)7-5-15-13/h2-9H,10H2,1H3,(H,15,17). The van der Waals surface area contributed by atoms with Crippen molar-refractivity contribution in [3.63, 3.8) is 0 Å². The largest absolute Gasteiger partial charge is 0.497 e. The van der Waals surface area contributed by atoms with Gasteiger partial charge in [0, 0.05) is 31.3 Å². The van der Waals surface area contributed by atoms with E-state index in [-0.39, 0.29) is 0 Å². The lowest BCUT2D eigenvalue weighted by atomic mass is 10.2. The maximum Gasteiger partial charge on any atom is 0.180 e. The number of hydrogen-bond donors (Lipinski definition) is 1. The van der Waals surface area contributed by atoms with Crippen LogP contribution in [0.5, 0.6) is 5.75 Å². The van der Waals surface area contributed by atoms with Crippen molar-refractivity contribution in [3.05, 3.63) is 54.6 Å². The maximum atomic E-state index is 5.20. The summed E-state index contributed by atoms with van der Waals surface area (Å²) in [5.74, 6) is 1.63. The van der Waals surface area contributed by atoms with E-state index >= 15 is 0 Å². The third-order valence-corrected chi connectivity index (χ3v) is 2.91. The van der Waals surface area contributed by atoms with Crippen LogP contribution in [-0.2, 0) is 6.54 Å². The van der Waals surface area contributed by atoms with Crippen LogP contribution in [0.3, 0.4) is 0 Å². The Labute approximate surface area is 110 Å². The van der Waals surface area contributed by atoms with Crippen molar-refractivity contribution >= 4 is 11.5 Å². The molecule has 3 rings (SSSR count). The van der Waals surface area contributed by atoms with Crippen LogP contribution in [0, 0.1) is 0 Å². The number of imidazole rings is 1. The number of aromatic nitrogens is 3. The molecule has 5 nitrogen and oxygen atoms in total. The van der Waals surface area contributed by atoms with Gasteiger partial charge in [0.2, 0.25) is 0 Å². The predicted octanol–water partition coefficient (Wildman–Crippen LogP) is 2.35. The van der Waals surface area contributed by atoms with Gasteiger partial charge in [-0.15, -0.1) is 0 Å². The minimum Gasteiger partial charge on any atom is -0.497 e. The third kappa shape index (κ3) is 2.35. The highest BCUT2D eigenvalue weighted by Gasteiger charge is 2.03. The Balaban J connectivity index is 1.80. The second-order valence-electron chi connectivity index (χ2n) is 4.14. The molecule has 0 fully saturated rings. The Morgan fingerprint density at radius 2 is 2.05 bits per heavy atom. The summed E-state index contributed by atoms with van der Waals surface area (Å²) in [6.45, 7) is 0.677. The van der Waals surface area contributed by atoms with Gasteiger partial charge in [-0.25, -0.2) is 9.97 Å². The van der Waals surface area contributed by atoms with Gasteiger partial charge >= 0.3 is 0 Å². The smallest absolute Gasteiger partial charge is 0.180 e. The van der Waals surface area contributed by atoms with Crippen LogP contribution in [0.15, 0.2) is 49.1 Å². The molecule has 3 aromatic rings. The van der Waals surface area contributed by atoms with Crippen molar-refractivity contribution in [1.29, 1.82) is 0 Å². The first-order valence-electron chi connectivity index (χ1n) is 6.01. The molecule has 1 N–H and O–H groups in total. The van der Waals surface area contributed by atoms with E-state index in [4.69, 9.17) is 4.74 Å². The lowest BCUT2D eigenvalue weighted by Gasteiger charge is -2.08. The number of ether oxygens (including phenoxy) is 1. The van der Waals surface area contributed by atoms with Crippen LogP contribution in [-0.4, -0.2) is 21.5 Å². The maximum absolute atomic E-state index is 5.20. The van der Waals surface area contributed by atoms with Crippen LogP contribution >= 0.6 is 0 Å². The fourth-order valence-corrected chi connectivity index (χ4v) is 1.95. The lowest BCUT2D eigenvalue weighted by Crippen LogP contribution is -2.03. The molecule has 0 spiro atoms. The quantitative estimate of drug-likeness (QED) is 0.776. The zero-order valence-electron chi connectivity index (χ0n) is 10.6. The third-order valence-electron chi connectivity index (χ3n) is 2.91. The molecule has 0 aliphatic carbocycles. The Hall–Kier alpha value is -2.56. The number of anilines is 1. The number of benzene rings is 1. The number of fused-ring (bicyclic) bond motifs is 1. The Morgan fingerprint density at radius 1 is 1.21 bits per heavy atom. The highest BCUT2D eigenvalue weighted by molar-refractivity contribution is 5.62. The van der Waals surface area contributed by atoms with E-state index in [1.54, 1.807) is 19.5 Å². The van der Waals surface area contributed by atoms with Gasteiger partial charge < -0.3 is 14.5 Å². The number of methoxy groups -OCH3 is 1. The summed E-state index contributed by atoms with van der Waals surface area (Å²) in [6.07, 6.45) is 7.28. The van der Waals surface area contributed by atoms with Gasteiger partial charge in [0.15, 0.2) is 11.5 Å². The van der Waals surface area contributed by atoms with Gasteiger partial charge in [0.05, 0.1) is 7.11 Å². The average Bonchev–Trinajstić information content (AvgIpc) is 2.94. The van der Waals surface area contributed by atoms with Gasteiger partial charge in [-0.2, -0.15) is 0 Å². The van der Waals surface area contributed by atoms with E-state index in [1.165, 1.54) is 0 Å². The first kappa shape index (κ1) is 11.5. The molecular formula is C14H14N4O. The molecule has 0 aliphatic heterocycles. The van der Waals surface area contributed by atoms with E-state index in [0.717, 1.165) is 22.8 Å². The summed E-state index contributed by atoms with van der Waals surface area (Å²) in [5, 5.41) is 3.29. The van der Waals surface area contributed by atoms with Gasteiger partial charge in [0.25, 0.3) is 0 Å². The molecule has 0 radical (unpaired) electrons. The van der Waals surface area contributed by atoms with Gasteiger partial charge in [-0.3, -0.25) is 0 Å². The predicted molar refractivity (Wildman–Crippen MR) is 73.3 cm³/mol. The van der Waals surface area contributed by atoms with Crippen molar-refractivity contribution in [1.82, 2.24) is 14.4 Å². The number of nitrogens with zero attached hydrogens (tertiary/aromatic N) is 3. The highest BCUT2D eigenvalue weighted by atomic mass is 16.5. The second kappa shape index (κ2) is 4.97. The SMILES string of the molecule is COc1cccc(CNc2nccn3ccnc23)c1. The van der Waals surface area contributed by atoms with Crippen LogP contribution in [0.4, 0.5) is 5.82 Å². The summed E-state index contributed by atoms with van der Waals surface area (Å²) in [7, 11) is 1.67. The van der Waals surface area contributed by atoms with Crippen molar-refractivity contribution in [2.75, 3.05) is 12.4 Å². The van der Waals surface area contributed by atoms with Crippen LogP contribution in [0.25, 0.3) is 5.65 Å². The van der Waals surface area contributed by atoms with Crippen molar-refractivity contribution < 1.29 is 4.74 Å². The zero-order chi connectivity index (χ0) is 13.1. The molecule has 0 bridgehead atoms. The molecule has 0 saturated carbocycles. The monoisotopic (exact) mass is 254 g/mol. The molecule has 2 heterocycles.